The van der Waals surface area contributed by atoms with Crippen molar-refractivity contribution in [1.29, 1.82) is 0 Å². The van der Waals surface area contributed by atoms with Gasteiger partial charge >= 0.3 is 25.5 Å². The lowest BCUT2D eigenvalue weighted by molar-refractivity contribution is -0.193. The lowest BCUT2D eigenvalue weighted by Crippen LogP contribution is -2.34. The van der Waals surface area contributed by atoms with Crippen LogP contribution in [0.1, 0.15) is 25.7 Å². The van der Waals surface area contributed by atoms with Crippen LogP contribution < -0.4 is 0 Å². The highest BCUT2D eigenvalue weighted by Gasteiger charge is 2.45. The number of halogens is 9. The van der Waals surface area contributed by atoms with Crippen LogP contribution in [0.15, 0.2) is 11.6 Å². The largest absolute Gasteiger partial charge is 0.702 e. The summed E-state index contributed by atoms with van der Waals surface area (Å²) in [4.78, 5) is 20.4. The molecule has 1 aliphatic rings. The number of Topliss-reactive ketones (excluding diaryl/α,β-unsaturated/α-hetero) is 1. The molecule has 1 fully saturated rings. The average Bonchev–Trinajstić information content (AvgIpc) is 3.27. The Morgan fingerprint density at radius 2 is 1.54 bits per heavy atom. The van der Waals surface area contributed by atoms with E-state index in [4.69, 9.17) is 0 Å². The summed E-state index contributed by atoms with van der Waals surface area (Å²) in [7, 11) is -5.89. The molecule has 0 aliphatic heterocycles. The molecule has 28 heavy (non-hydrogen) atoms. The fourth-order valence-electron chi connectivity index (χ4n) is 1.79. The van der Waals surface area contributed by atoms with Gasteiger partial charge in [-0.3, -0.25) is 4.79 Å². The number of alkyl halides is 6. The van der Waals surface area contributed by atoms with E-state index in [1.807, 2.05) is 6.08 Å². The summed E-state index contributed by atoms with van der Waals surface area (Å²) in [5.74, 6) is -3.64. The van der Waals surface area contributed by atoms with Gasteiger partial charge in [-0.2, -0.15) is 26.3 Å². The highest BCUT2D eigenvalue weighted by Crippen LogP contribution is 2.39. The number of carbonyl (C=O) groups is 2. The van der Waals surface area contributed by atoms with E-state index in [1.54, 1.807) is 0 Å². The van der Waals surface area contributed by atoms with Crippen LogP contribution in [0.3, 0.4) is 0 Å². The maximum atomic E-state index is 12.2. The van der Waals surface area contributed by atoms with Crippen molar-refractivity contribution in [2.24, 2.45) is 5.92 Å². The van der Waals surface area contributed by atoms with Crippen LogP contribution in [0, 0.1) is 5.92 Å². The molecule has 0 aromatic rings. The van der Waals surface area contributed by atoms with Crippen molar-refractivity contribution in [3.05, 3.63) is 11.6 Å². The molecule has 1 saturated carbocycles. The van der Waals surface area contributed by atoms with Crippen molar-refractivity contribution in [2.45, 2.75) is 38.0 Å². The van der Waals surface area contributed by atoms with Gasteiger partial charge in [-0.05, 0) is 29.7 Å². The van der Waals surface area contributed by atoms with E-state index < -0.39 is 37.7 Å². The zero-order valence-electron chi connectivity index (χ0n) is 14.8. The van der Waals surface area contributed by atoms with Gasteiger partial charge in [0, 0.05) is 12.8 Å². The first-order valence-electron chi connectivity index (χ1n) is 7.75. The first-order valence-corrected chi connectivity index (χ1v) is 9.96. The quantitative estimate of drug-likeness (QED) is 0.249. The number of carbonyl (C=O) groups excluding carboxylic acids is 2. The summed E-state index contributed by atoms with van der Waals surface area (Å²) in [5.41, 5.74) is 0.706. The molecular weight excluding hydrogens is 430 g/mol. The van der Waals surface area contributed by atoms with Crippen molar-refractivity contribution in [3.63, 3.8) is 0 Å². The molecule has 0 amide bonds. The average molecular weight is 448 g/mol. The van der Waals surface area contributed by atoms with E-state index in [0.29, 0.717) is 16.5 Å². The molecule has 164 valence electrons. The zero-order chi connectivity index (χ0) is 22.3. The monoisotopic (exact) mass is 448 g/mol. The highest BCUT2D eigenvalue weighted by atomic mass is 32.2. The van der Waals surface area contributed by atoms with Gasteiger partial charge in [-0.15, -0.1) is 0 Å². The summed E-state index contributed by atoms with van der Waals surface area (Å²) in [5, 5.41) is 0. The molecule has 0 heterocycles. The van der Waals surface area contributed by atoms with Crippen LogP contribution in [-0.2, 0) is 25.1 Å². The number of hydrogen-bond donors (Lipinski definition) is 0. The van der Waals surface area contributed by atoms with E-state index in [9.17, 15) is 48.9 Å². The second-order valence-corrected chi connectivity index (χ2v) is 8.43. The highest BCUT2D eigenvalue weighted by molar-refractivity contribution is 7.95. The van der Waals surface area contributed by atoms with Crippen LogP contribution >= 0.6 is 0 Å². The number of rotatable bonds is 7. The van der Waals surface area contributed by atoms with Crippen LogP contribution in [0.4, 0.5) is 39.3 Å². The molecule has 0 N–H and O–H groups in total. The van der Waals surface area contributed by atoms with E-state index in [0.717, 1.165) is 25.0 Å². The Kier molecular flexibility index (Phi) is 9.95. The molecule has 0 atom stereocenters. The first kappa shape index (κ1) is 26.7. The molecule has 0 unspecified atom stereocenters. The molecular formula is C14H18BF9O3S. The molecule has 0 aromatic carbocycles. The van der Waals surface area contributed by atoms with Crippen molar-refractivity contribution in [2.75, 3.05) is 18.3 Å². The first-order chi connectivity index (χ1) is 12.4. The Morgan fingerprint density at radius 3 is 1.82 bits per heavy atom. The number of allylic oxidation sites excluding steroid dienone is 2. The summed E-state index contributed by atoms with van der Waals surface area (Å²) >= 11 is 0. The zero-order valence-corrected chi connectivity index (χ0v) is 15.6. The lowest BCUT2D eigenvalue weighted by atomic mass is 10.0. The summed E-state index contributed by atoms with van der Waals surface area (Å²) < 4.78 is 105. The molecule has 3 nitrogen and oxygen atoms in total. The van der Waals surface area contributed by atoms with E-state index in [-0.39, 0.29) is 5.92 Å². The molecule has 0 spiro atoms. The standard InChI is InChI=1S/C12H18F3OS.C2BF6O2/c1-17(2)7-3-4-10(9-5-6-9)8-11(16)12(13,14)15;4-2(5,6)1(10)11-3(7,8)9/h4,9H,3,5-8H2,1-2H3;/q+1;-1/b10-4-;. The topological polar surface area (TPSA) is 43.4 Å². The molecule has 14 heteroatoms. The maximum Gasteiger partial charge on any atom is 0.702 e. The second kappa shape index (κ2) is 10.4. The van der Waals surface area contributed by atoms with E-state index in [2.05, 4.69) is 17.2 Å². The molecule has 0 radical (unpaired) electrons. The van der Waals surface area contributed by atoms with Gasteiger partial charge in [0.2, 0.25) is 5.78 Å². The molecule has 0 aromatic heterocycles. The predicted octanol–water partition coefficient (Wildman–Crippen LogP) is 4.55. The fourth-order valence-corrected chi connectivity index (χ4v) is 2.38. The molecule has 1 aliphatic carbocycles. The van der Waals surface area contributed by atoms with Crippen LogP contribution in [0.25, 0.3) is 0 Å². The van der Waals surface area contributed by atoms with Crippen LogP contribution in [-0.4, -0.2) is 49.5 Å². The van der Waals surface area contributed by atoms with E-state index >= 15 is 0 Å². The Balaban J connectivity index is 0.000000576. The van der Waals surface area contributed by atoms with Gasteiger partial charge in [0.15, 0.2) is 0 Å². The molecule has 1 rings (SSSR count). The van der Waals surface area contributed by atoms with Crippen molar-refractivity contribution in [1.82, 2.24) is 0 Å². The fraction of sp³-hybridized carbons (Fsp3) is 0.714. The van der Waals surface area contributed by atoms with Gasteiger partial charge in [0.25, 0.3) is 0 Å². The number of ketones is 1. The Bertz CT molecular complexity index is 564. The Morgan fingerprint density at radius 1 is 1.04 bits per heavy atom. The van der Waals surface area contributed by atoms with Gasteiger partial charge in [-0.1, -0.05) is 11.6 Å². The van der Waals surface area contributed by atoms with Crippen LogP contribution in [0.2, 0.25) is 0 Å². The summed E-state index contributed by atoms with van der Waals surface area (Å²) in [6.07, 6.45) is -2.01. The van der Waals surface area contributed by atoms with Gasteiger partial charge in [0.05, 0.1) is 12.5 Å². The van der Waals surface area contributed by atoms with Crippen molar-refractivity contribution >= 4 is 29.8 Å². The van der Waals surface area contributed by atoms with Gasteiger partial charge in [-0.25, -0.2) is 4.79 Å². The minimum Gasteiger partial charge on any atom is -0.602 e. The number of hydrogen-bond acceptors (Lipinski definition) is 3. The normalized spacial score (nSPS) is 15.8. The Hall–Kier alpha value is -1.34. The molecule has 0 bridgehead atoms. The predicted molar refractivity (Wildman–Crippen MR) is 86.4 cm³/mol. The van der Waals surface area contributed by atoms with Crippen molar-refractivity contribution < 1.29 is 53.5 Å². The Labute approximate surface area is 158 Å². The molecule has 0 saturated heterocycles. The third-order valence-electron chi connectivity index (χ3n) is 3.19. The maximum absolute atomic E-state index is 12.2. The third-order valence-corrected chi connectivity index (χ3v) is 4.24. The van der Waals surface area contributed by atoms with E-state index in [1.165, 1.54) is 0 Å². The third kappa shape index (κ3) is 12.9. The van der Waals surface area contributed by atoms with Gasteiger partial charge in [0.1, 0.15) is 5.75 Å². The van der Waals surface area contributed by atoms with Gasteiger partial charge < -0.3 is 17.6 Å². The second-order valence-electron chi connectivity index (χ2n) is 6.05. The lowest BCUT2D eigenvalue weighted by Gasteiger charge is -2.17. The smallest absolute Gasteiger partial charge is 0.602 e. The SMILES string of the molecule is C[S+](C)CC/C=C(/CC(=O)C(F)(F)F)C1CC1.O=C(O[B-](F)(F)F)C(F)(F)F. The summed E-state index contributed by atoms with van der Waals surface area (Å²) in [6.45, 7) is 0. The minimum atomic E-state index is -6.18. The van der Waals surface area contributed by atoms with Crippen molar-refractivity contribution in [3.8, 4) is 0 Å². The minimum absolute atomic E-state index is 0.233. The van der Waals surface area contributed by atoms with Crippen LogP contribution in [0.5, 0.6) is 0 Å². The summed E-state index contributed by atoms with van der Waals surface area (Å²) in [6, 6.07) is 0.